The first-order chi connectivity index (χ1) is 7.06. The van der Waals surface area contributed by atoms with Gasteiger partial charge in [0.2, 0.25) is 0 Å². The molecule has 15 heavy (non-hydrogen) atoms. The fourth-order valence-electron chi connectivity index (χ4n) is 1.11. The molecule has 0 aliphatic carbocycles. The highest BCUT2D eigenvalue weighted by Crippen LogP contribution is 2.08. The highest BCUT2D eigenvalue weighted by atomic mass is 16.2. The number of amides is 1. The first-order valence-corrected chi connectivity index (χ1v) is 4.51. The van der Waals surface area contributed by atoms with Gasteiger partial charge in [0.1, 0.15) is 11.5 Å². The third-order valence-electron chi connectivity index (χ3n) is 2.20. The minimum atomic E-state index is -0.220. The summed E-state index contributed by atoms with van der Waals surface area (Å²) < 4.78 is 0. The number of nitrogens with two attached hydrogens (primary N) is 1. The molecule has 1 aromatic rings. The van der Waals surface area contributed by atoms with Crippen LogP contribution in [0.15, 0.2) is 6.07 Å². The normalized spacial score (nSPS) is 11.8. The predicted octanol–water partition coefficient (Wildman–Crippen LogP) is 0.366. The molecule has 1 aromatic heterocycles. The summed E-state index contributed by atoms with van der Waals surface area (Å²) in [5.74, 6) is 0.0571. The van der Waals surface area contributed by atoms with Crippen LogP contribution in [-0.2, 0) is 0 Å². The molecule has 0 aromatic carbocycles. The van der Waals surface area contributed by atoms with Gasteiger partial charge in [-0.05, 0) is 6.92 Å². The molecule has 3 N–H and O–H groups in total. The number of nitrogens with one attached hydrogen (secondary N) is 1. The summed E-state index contributed by atoms with van der Waals surface area (Å²) >= 11 is 0. The van der Waals surface area contributed by atoms with E-state index in [0.717, 1.165) is 0 Å². The Balaban J connectivity index is 2.73. The zero-order valence-corrected chi connectivity index (χ0v) is 8.69. The van der Waals surface area contributed by atoms with Crippen LogP contribution in [0.25, 0.3) is 0 Å². The van der Waals surface area contributed by atoms with Gasteiger partial charge in [0.05, 0.1) is 12.5 Å². The lowest BCUT2D eigenvalue weighted by atomic mass is 10.2. The van der Waals surface area contributed by atoms with Crippen LogP contribution in [0, 0.1) is 11.3 Å². The summed E-state index contributed by atoms with van der Waals surface area (Å²) in [6, 6.07) is 3.35. The van der Waals surface area contributed by atoms with Gasteiger partial charge in [-0.2, -0.15) is 10.4 Å². The molecule has 0 aliphatic rings. The minimum absolute atomic E-state index is 0.132. The topological polar surface area (TPSA) is 98.8 Å². The molecule has 0 saturated carbocycles. The van der Waals surface area contributed by atoms with Gasteiger partial charge in [-0.25, -0.2) is 0 Å². The number of rotatable bonds is 3. The maximum Gasteiger partial charge on any atom is 0.271 e. The predicted molar refractivity (Wildman–Crippen MR) is 54.8 cm³/mol. The number of carbonyl (C=O) groups is 1. The van der Waals surface area contributed by atoms with Gasteiger partial charge in [0, 0.05) is 19.2 Å². The minimum Gasteiger partial charge on any atom is -0.382 e. The van der Waals surface area contributed by atoms with E-state index in [-0.39, 0.29) is 17.8 Å². The summed E-state index contributed by atoms with van der Waals surface area (Å²) in [5.41, 5.74) is 5.72. The van der Waals surface area contributed by atoms with Crippen molar-refractivity contribution in [3.05, 3.63) is 11.8 Å². The monoisotopic (exact) mass is 207 g/mol. The summed E-state index contributed by atoms with van der Waals surface area (Å²) in [6.45, 7) is 1.81. The van der Waals surface area contributed by atoms with E-state index in [4.69, 9.17) is 11.0 Å². The van der Waals surface area contributed by atoms with E-state index in [1.165, 1.54) is 11.0 Å². The molecule has 6 nitrogen and oxygen atoms in total. The molecule has 0 radical (unpaired) electrons. The molecule has 0 spiro atoms. The SMILES string of the molecule is CC(CC#N)N(C)C(=O)c1cc(N)n[nH]1. The molecule has 1 atom stereocenters. The zero-order valence-electron chi connectivity index (χ0n) is 8.69. The Labute approximate surface area is 87.7 Å². The number of hydrogen-bond acceptors (Lipinski definition) is 4. The molecule has 1 heterocycles. The highest BCUT2D eigenvalue weighted by molar-refractivity contribution is 5.92. The summed E-state index contributed by atoms with van der Waals surface area (Å²) in [5, 5.41) is 14.7. The van der Waals surface area contributed by atoms with E-state index < -0.39 is 0 Å². The maximum absolute atomic E-state index is 11.8. The van der Waals surface area contributed by atoms with Crippen molar-refractivity contribution >= 4 is 11.7 Å². The second kappa shape index (κ2) is 4.46. The molecule has 6 heteroatoms. The third-order valence-corrected chi connectivity index (χ3v) is 2.20. The zero-order chi connectivity index (χ0) is 11.4. The van der Waals surface area contributed by atoms with Crippen LogP contribution in [-0.4, -0.2) is 34.1 Å². The molecule has 0 saturated heterocycles. The van der Waals surface area contributed by atoms with Crippen LogP contribution in [0.4, 0.5) is 5.82 Å². The van der Waals surface area contributed by atoms with Crippen LogP contribution < -0.4 is 5.73 Å². The number of nitriles is 1. The van der Waals surface area contributed by atoms with Crippen molar-refractivity contribution in [1.29, 1.82) is 5.26 Å². The standard InChI is InChI=1S/C9H13N5O/c1-6(3-4-10)14(2)9(15)7-5-8(11)13-12-7/h5-6H,3H2,1-2H3,(H3,11,12,13). The van der Waals surface area contributed by atoms with Crippen molar-refractivity contribution in [2.75, 3.05) is 12.8 Å². The molecule has 1 amide bonds. The average Bonchev–Trinajstić information content (AvgIpc) is 2.63. The van der Waals surface area contributed by atoms with Gasteiger partial charge in [0.15, 0.2) is 0 Å². The second-order valence-electron chi connectivity index (χ2n) is 3.33. The quantitative estimate of drug-likeness (QED) is 0.747. The Kier molecular flexibility index (Phi) is 3.29. The summed E-state index contributed by atoms with van der Waals surface area (Å²) in [6.07, 6.45) is 0.297. The first kappa shape index (κ1) is 11.0. The number of aromatic nitrogens is 2. The fraction of sp³-hybridized carbons (Fsp3) is 0.444. The van der Waals surface area contributed by atoms with Crippen molar-refractivity contribution in [2.45, 2.75) is 19.4 Å². The molecule has 1 unspecified atom stereocenters. The van der Waals surface area contributed by atoms with Gasteiger partial charge in [-0.3, -0.25) is 9.89 Å². The Morgan fingerprint density at radius 3 is 3.00 bits per heavy atom. The van der Waals surface area contributed by atoms with Gasteiger partial charge >= 0.3 is 0 Å². The molecule has 80 valence electrons. The van der Waals surface area contributed by atoms with E-state index in [0.29, 0.717) is 12.1 Å². The van der Waals surface area contributed by atoms with Crippen molar-refractivity contribution in [3.8, 4) is 6.07 Å². The van der Waals surface area contributed by atoms with E-state index in [1.54, 1.807) is 14.0 Å². The van der Waals surface area contributed by atoms with Gasteiger partial charge in [-0.15, -0.1) is 0 Å². The van der Waals surface area contributed by atoms with Crippen molar-refractivity contribution in [3.63, 3.8) is 0 Å². The number of hydrogen-bond donors (Lipinski definition) is 2. The average molecular weight is 207 g/mol. The largest absolute Gasteiger partial charge is 0.382 e. The molecular weight excluding hydrogens is 194 g/mol. The van der Waals surface area contributed by atoms with Crippen molar-refractivity contribution in [1.82, 2.24) is 15.1 Å². The maximum atomic E-state index is 11.8. The number of nitrogens with zero attached hydrogens (tertiary/aromatic N) is 3. The Bertz CT molecular complexity index is 391. The fourth-order valence-corrected chi connectivity index (χ4v) is 1.11. The van der Waals surface area contributed by atoms with Gasteiger partial charge < -0.3 is 10.6 Å². The number of aromatic amines is 1. The highest BCUT2D eigenvalue weighted by Gasteiger charge is 2.18. The van der Waals surface area contributed by atoms with E-state index in [1.807, 2.05) is 6.07 Å². The number of anilines is 1. The van der Waals surface area contributed by atoms with E-state index in [9.17, 15) is 4.79 Å². The Morgan fingerprint density at radius 1 is 1.87 bits per heavy atom. The first-order valence-electron chi connectivity index (χ1n) is 4.51. The van der Waals surface area contributed by atoms with E-state index in [2.05, 4.69) is 10.2 Å². The Hall–Kier alpha value is -2.03. The summed E-state index contributed by atoms with van der Waals surface area (Å²) in [7, 11) is 1.64. The second-order valence-corrected chi connectivity index (χ2v) is 3.33. The van der Waals surface area contributed by atoms with Crippen molar-refractivity contribution < 1.29 is 4.79 Å². The van der Waals surface area contributed by atoms with Crippen LogP contribution in [0.1, 0.15) is 23.8 Å². The van der Waals surface area contributed by atoms with E-state index >= 15 is 0 Å². The lowest BCUT2D eigenvalue weighted by Crippen LogP contribution is -2.35. The lowest BCUT2D eigenvalue weighted by molar-refractivity contribution is 0.0740. The Morgan fingerprint density at radius 2 is 2.53 bits per heavy atom. The molecule has 0 bridgehead atoms. The van der Waals surface area contributed by atoms with Crippen LogP contribution in [0.3, 0.4) is 0 Å². The lowest BCUT2D eigenvalue weighted by Gasteiger charge is -2.21. The molecule has 0 aliphatic heterocycles. The molecule has 1 rings (SSSR count). The van der Waals surface area contributed by atoms with Crippen molar-refractivity contribution in [2.24, 2.45) is 0 Å². The van der Waals surface area contributed by atoms with Crippen LogP contribution in [0.2, 0.25) is 0 Å². The van der Waals surface area contributed by atoms with Crippen LogP contribution >= 0.6 is 0 Å². The van der Waals surface area contributed by atoms with Gasteiger partial charge in [0.25, 0.3) is 5.91 Å². The summed E-state index contributed by atoms with van der Waals surface area (Å²) in [4.78, 5) is 13.2. The van der Waals surface area contributed by atoms with Crippen LogP contribution in [0.5, 0.6) is 0 Å². The van der Waals surface area contributed by atoms with Gasteiger partial charge in [-0.1, -0.05) is 0 Å². The number of H-pyrrole nitrogens is 1. The number of carbonyl (C=O) groups excluding carboxylic acids is 1. The molecular formula is C9H13N5O. The smallest absolute Gasteiger partial charge is 0.271 e. The third kappa shape index (κ3) is 2.47. The number of nitrogen functional groups attached to an aromatic ring is 1. The molecule has 0 fully saturated rings.